The molecule has 10 heavy (non-hydrogen) atoms. The number of rotatable bonds is 6. The third-order valence-electron chi connectivity index (χ3n) is 0.589. The average Bonchev–Trinajstić information content (AvgIpc) is 1.97. The van der Waals surface area contributed by atoms with E-state index < -0.39 is 8.25 Å². The van der Waals surface area contributed by atoms with Crippen LogP contribution in [0.4, 0.5) is 0 Å². The lowest BCUT2D eigenvalue weighted by Crippen LogP contribution is -1.83. The third kappa shape index (κ3) is 6.96. The minimum atomic E-state index is -2.21. The number of hydrogen-bond acceptors (Lipinski definition) is 5. The molecule has 0 amide bonds. The van der Waals surface area contributed by atoms with E-state index in [1.165, 1.54) is 23.5 Å². The van der Waals surface area contributed by atoms with Crippen molar-refractivity contribution in [3.8, 4) is 0 Å². The molecule has 0 aromatic carbocycles. The van der Waals surface area contributed by atoms with Gasteiger partial charge in [0.1, 0.15) is 11.9 Å². The maximum absolute atomic E-state index is 10.7. The second-order valence-corrected chi connectivity index (χ2v) is 4.06. The molecular weight excluding hydrogens is 191 g/mol. The van der Waals surface area contributed by atoms with E-state index in [2.05, 4.69) is 0 Å². The Balaban J connectivity index is 3.09. The van der Waals surface area contributed by atoms with E-state index in [4.69, 9.17) is 9.05 Å². The van der Waals surface area contributed by atoms with Crippen LogP contribution in [0.2, 0.25) is 0 Å². The lowest BCUT2D eigenvalue weighted by Gasteiger charge is -2.01. The van der Waals surface area contributed by atoms with E-state index in [0.29, 0.717) is 11.9 Å². The zero-order valence-electron chi connectivity index (χ0n) is 5.96. The molecule has 0 aromatic rings. The quantitative estimate of drug-likeness (QED) is 0.486. The summed E-state index contributed by atoms with van der Waals surface area (Å²) in [5, 5.41) is 0. The Kier molecular flexibility index (Phi) is 8.63. The highest BCUT2D eigenvalue weighted by Gasteiger charge is 1.95. The van der Waals surface area contributed by atoms with Crippen LogP contribution in [0.15, 0.2) is 0 Å². The molecule has 0 unspecified atom stereocenters. The summed E-state index contributed by atoms with van der Waals surface area (Å²) < 4.78 is 20.2. The van der Waals surface area contributed by atoms with Crippen molar-refractivity contribution in [2.75, 3.05) is 24.4 Å². The van der Waals surface area contributed by atoms with Gasteiger partial charge in [0.05, 0.1) is 0 Å². The molecule has 0 fully saturated rings. The van der Waals surface area contributed by atoms with Crippen LogP contribution in [-0.2, 0) is 13.6 Å². The van der Waals surface area contributed by atoms with Crippen LogP contribution in [0.3, 0.4) is 0 Å². The summed E-state index contributed by atoms with van der Waals surface area (Å²) in [4.78, 5) is 0. The first-order chi connectivity index (χ1) is 4.81. The Bertz CT molecular complexity index is 90.5. The number of hydrogen-bond donors (Lipinski definition) is 0. The van der Waals surface area contributed by atoms with E-state index in [0.717, 1.165) is 0 Å². The lowest BCUT2D eigenvalue weighted by molar-refractivity contribution is 0.285. The molecule has 0 spiro atoms. The van der Waals surface area contributed by atoms with Gasteiger partial charge in [-0.3, -0.25) is 13.6 Å². The maximum atomic E-state index is 10.7. The monoisotopic (exact) mass is 202 g/mol. The SMILES string of the molecule is CSCO[PH](=O)OCSC. The van der Waals surface area contributed by atoms with Gasteiger partial charge in [0.2, 0.25) is 0 Å². The smallest absolute Gasteiger partial charge is 0.300 e. The van der Waals surface area contributed by atoms with Gasteiger partial charge in [-0.05, 0) is 12.5 Å². The molecule has 0 bridgehead atoms. The molecule has 0 N–H and O–H groups in total. The van der Waals surface area contributed by atoms with Crippen molar-refractivity contribution >= 4 is 31.8 Å². The van der Waals surface area contributed by atoms with Crippen LogP contribution < -0.4 is 0 Å². The lowest BCUT2D eigenvalue weighted by atomic mass is 11.7. The molecule has 0 aliphatic carbocycles. The molecule has 0 saturated carbocycles. The number of thioether (sulfide) groups is 2. The van der Waals surface area contributed by atoms with Gasteiger partial charge in [-0.25, -0.2) is 0 Å². The van der Waals surface area contributed by atoms with Crippen LogP contribution >= 0.6 is 31.8 Å². The molecule has 0 radical (unpaired) electrons. The van der Waals surface area contributed by atoms with Gasteiger partial charge in [0.25, 0.3) is 0 Å². The van der Waals surface area contributed by atoms with Gasteiger partial charge in [0.15, 0.2) is 0 Å². The molecule has 0 aliphatic rings. The van der Waals surface area contributed by atoms with E-state index in [1.807, 2.05) is 12.5 Å². The Hall–Kier alpha value is 0.850. The summed E-state index contributed by atoms with van der Waals surface area (Å²) in [6.07, 6.45) is 3.76. The van der Waals surface area contributed by atoms with Gasteiger partial charge in [-0.1, -0.05) is 0 Å². The first-order valence-corrected chi connectivity index (χ1v) is 6.60. The summed E-state index contributed by atoms with van der Waals surface area (Å²) in [6.45, 7) is 0. The van der Waals surface area contributed by atoms with Crippen molar-refractivity contribution in [3.63, 3.8) is 0 Å². The fourth-order valence-corrected chi connectivity index (χ4v) is 2.05. The summed E-state index contributed by atoms with van der Waals surface area (Å²) in [5.41, 5.74) is 0. The second-order valence-electron chi connectivity index (χ2n) is 1.35. The van der Waals surface area contributed by atoms with Gasteiger partial charge < -0.3 is 0 Å². The molecule has 3 nitrogen and oxygen atoms in total. The Morgan fingerprint density at radius 2 is 1.60 bits per heavy atom. The summed E-state index contributed by atoms with van der Waals surface area (Å²) in [7, 11) is -2.21. The minimum Gasteiger partial charge on any atom is -0.300 e. The Morgan fingerprint density at radius 1 is 1.20 bits per heavy atom. The first kappa shape index (κ1) is 10.8. The molecule has 0 aromatic heterocycles. The zero-order chi connectivity index (χ0) is 7.82. The van der Waals surface area contributed by atoms with Gasteiger partial charge in [-0.2, -0.15) is 0 Å². The molecular formula is C4H11O3PS2. The van der Waals surface area contributed by atoms with Crippen LogP contribution in [0.5, 0.6) is 0 Å². The predicted molar refractivity (Wildman–Crippen MR) is 47.9 cm³/mol. The Labute approximate surface area is 70.2 Å². The van der Waals surface area contributed by atoms with E-state index in [1.54, 1.807) is 0 Å². The first-order valence-electron chi connectivity index (χ1n) is 2.58. The molecule has 0 aliphatic heterocycles. The molecule has 0 rings (SSSR count). The normalized spacial score (nSPS) is 10.7. The van der Waals surface area contributed by atoms with Crippen LogP contribution in [0, 0.1) is 0 Å². The Morgan fingerprint density at radius 3 is 1.90 bits per heavy atom. The topological polar surface area (TPSA) is 35.5 Å². The zero-order valence-corrected chi connectivity index (χ0v) is 8.59. The van der Waals surface area contributed by atoms with Crippen molar-refractivity contribution in [2.24, 2.45) is 0 Å². The fraction of sp³-hybridized carbons (Fsp3) is 1.00. The van der Waals surface area contributed by atoms with Gasteiger partial charge >= 0.3 is 8.25 Å². The third-order valence-corrected chi connectivity index (χ3v) is 2.47. The molecule has 6 heteroatoms. The van der Waals surface area contributed by atoms with Crippen molar-refractivity contribution in [3.05, 3.63) is 0 Å². The molecule has 0 heterocycles. The van der Waals surface area contributed by atoms with Crippen molar-refractivity contribution < 1.29 is 13.6 Å². The van der Waals surface area contributed by atoms with E-state index in [-0.39, 0.29) is 0 Å². The van der Waals surface area contributed by atoms with E-state index in [9.17, 15) is 4.57 Å². The summed E-state index contributed by atoms with van der Waals surface area (Å²) in [5.74, 6) is 0.873. The minimum absolute atomic E-state index is 0.437. The maximum Gasteiger partial charge on any atom is 0.320 e. The van der Waals surface area contributed by atoms with Crippen LogP contribution in [0.25, 0.3) is 0 Å². The van der Waals surface area contributed by atoms with Crippen molar-refractivity contribution in [1.82, 2.24) is 0 Å². The molecule has 0 saturated heterocycles. The second kappa shape index (κ2) is 7.95. The highest BCUT2D eigenvalue weighted by atomic mass is 32.2. The van der Waals surface area contributed by atoms with Gasteiger partial charge in [-0.15, -0.1) is 23.5 Å². The fourth-order valence-electron chi connectivity index (χ4n) is 0.256. The largest absolute Gasteiger partial charge is 0.320 e. The summed E-state index contributed by atoms with van der Waals surface area (Å²) in [6, 6.07) is 0. The van der Waals surface area contributed by atoms with Crippen LogP contribution in [0.1, 0.15) is 0 Å². The highest BCUT2D eigenvalue weighted by molar-refractivity contribution is 7.98. The average molecular weight is 202 g/mol. The summed E-state index contributed by atoms with van der Waals surface area (Å²) >= 11 is 2.96. The predicted octanol–water partition coefficient (Wildman–Crippen LogP) is 2.05. The van der Waals surface area contributed by atoms with E-state index >= 15 is 0 Å². The van der Waals surface area contributed by atoms with Gasteiger partial charge in [0, 0.05) is 0 Å². The standard InChI is InChI=1S/C4H11O3PS2/c1-9-3-6-8(5)7-4-10-2/h8H,3-4H2,1-2H3. The molecule has 0 atom stereocenters. The highest BCUT2D eigenvalue weighted by Crippen LogP contribution is 2.25. The van der Waals surface area contributed by atoms with Crippen molar-refractivity contribution in [2.45, 2.75) is 0 Å². The van der Waals surface area contributed by atoms with Crippen LogP contribution in [-0.4, -0.2) is 24.4 Å². The van der Waals surface area contributed by atoms with Crippen molar-refractivity contribution in [1.29, 1.82) is 0 Å². The molecule has 62 valence electrons.